The number of carboxylic acid groups (broad SMARTS) is 1. The second-order valence-electron chi connectivity index (χ2n) is 3.57. The quantitative estimate of drug-likeness (QED) is 0.751. The fourth-order valence-electron chi connectivity index (χ4n) is 1.48. The molecule has 0 amide bonds. The van der Waals surface area contributed by atoms with Crippen molar-refractivity contribution in [2.75, 3.05) is 14.2 Å². The van der Waals surface area contributed by atoms with Gasteiger partial charge in [0.15, 0.2) is 11.5 Å². The van der Waals surface area contributed by atoms with Crippen molar-refractivity contribution in [3.8, 4) is 17.2 Å². The highest BCUT2D eigenvalue weighted by atomic mass is 79.9. The van der Waals surface area contributed by atoms with Gasteiger partial charge in [-0.15, -0.1) is 0 Å². The maximum atomic E-state index is 10.7. The number of methoxy groups -OCH3 is 2. The molecule has 0 aliphatic heterocycles. The lowest BCUT2D eigenvalue weighted by Gasteiger charge is -2.16. The Morgan fingerprint density at radius 1 is 1.50 bits per heavy atom. The molecule has 0 heterocycles. The van der Waals surface area contributed by atoms with Gasteiger partial charge >= 0.3 is 5.97 Å². The molecular formula is C11H14BrNO5. The molecule has 1 atom stereocenters. The van der Waals surface area contributed by atoms with E-state index in [9.17, 15) is 9.90 Å². The predicted octanol–water partition coefficient (Wildman–Crippen LogP) is 1.13. The number of phenols is 1. The fraction of sp³-hybridized carbons (Fsp3) is 0.364. The van der Waals surface area contributed by atoms with Crippen molar-refractivity contribution in [2.45, 2.75) is 12.5 Å². The zero-order valence-corrected chi connectivity index (χ0v) is 11.5. The van der Waals surface area contributed by atoms with E-state index in [1.54, 1.807) is 0 Å². The topological polar surface area (TPSA) is 102 Å². The van der Waals surface area contributed by atoms with Crippen LogP contribution in [0.4, 0.5) is 0 Å². The molecule has 0 bridgehead atoms. The number of halogens is 1. The van der Waals surface area contributed by atoms with Gasteiger partial charge in [0, 0.05) is 18.1 Å². The van der Waals surface area contributed by atoms with Crippen LogP contribution in [0.3, 0.4) is 0 Å². The lowest BCUT2D eigenvalue weighted by atomic mass is 10.0. The normalized spacial score (nSPS) is 12.0. The molecule has 100 valence electrons. The molecule has 1 rings (SSSR count). The van der Waals surface area contributed by atoms with Crippen molar-refractivity contribution in [3.63, 3.8) is 0 Å². The Morgan fingerprint density at radius 2 is 2.11 bits per heavy atom. The summed E-state index contributed by atoms with van der Waals surface area (Å²) in [6.07, 6.45) is -0.0257. The van der Waals surface area contributed by atoms with Crippen LogP contribution in [-0.4, -0.2) is 36.4 Å². The van der Waals surface area contributed by atoms with E-state index >= 15 is 0 Å². The standard InChI is InChI=1S/C11H14BrNO5/c1-17-8-4-7(14)5(3-6(13)11(15)16)9(12)10(8)18-2/h4,6,14H,3,13H2,1-2H3,(H,15,16). The third kappa shape index (κ3) is 2.85. The van der Waals surface area contributed by atoms with Gasteiger partial charge in [0.05, 0.1) is 18.7 Å². The summed E-state index contributed by atoms with van der Waals surface area (Å²) in [5.74, 6) is -0.523. The van der Waals surface area contributed by atoms with Crippen LogP contribution >= 0.6 is 15.9 Å². The van der Waals surface area contributed by atoms with Crippen LogP contribution in [0.15, 0.2) is 10.5 Å². The van der Waals surface area contributed by atoms with E-state index in [-0.39, 0.29) is 12.2 Å². The van der Waals surface area contributed by atoms with E-state index < -0.39 is 12.0 Å². The van der Waals surface area contributed by atoms with Gasteiger partial charge in [0.25, 0.3) is 0 Å². The largest absolute Gasteiger partial charge is 0.507 e. The Balaban J connectivity index is 3.24. The Hall–Kier alpha value is -1.47. The minimum absolute atomic E-state index is 0.0257. The number of aliphatic carboxylic acids is 1. The van der Waals surface area contributed by atoms with Crippen molar-refractivity contribution in [3.05, 3.63) is 16.1 Å². The minimum Gasteiger partial charge on any atom is -0.507 e. The summed E-state index contributed by atoms with van der Waals surface area (Å²) in [6.45, 7) is 0. The lowest BCUT2D eigenvalue weighted by Crippen LogP contribution is -2.32. The van der Waals surface area contributed by atoms with E-state index in [4.69, 9.17) is 20.3 Å². The predicted molar refractivity (Wildman–Crippen MR) is 68.2 cm³/mol. The SMILES string of the molecule is COc1cc(O)c(CC(N)C(=O)O)c(Br)c1OC. The minimum atomic E-state index is -1.14. The number of hydrogen-bond donors (Lipinski definition) is 3. The summed E-state index contributed by atoms with van der Waals surface area (Å²) in [6, 6.07) is 0.248. The summed E-state index contributed by atoms with van der Waals surface area (Å²) < 4.78 is 10.6. The van der Waals surface area contributed by atoms with E-state index in [1.807, 2.05) is 0 Å². The summed E-state index contributed by atoms with van der Waals surface area (Å²) >= 11 is 3.25. The molecular weight excluding hydrogens is 306 g/mol. The first kappa shape index (κ1) is 14.6. The number of carboxylic acids is 1. The molecule has 0 radical (unpaired) electrons. The number of carbonyl (C=O) groups is 1. The van der Waals surface area contributed by atoms with Crippen LogP contribution in [0.1, 0.15) is 5.56 Å². The average molecular weight is 320 g/mol. The number of nitrogens with two attached hydrogens (primary N) is 1. The Morgan fingerprint density at radius 3 is 2.56 bits per heavy atom. The molecule has 18 heavy (non-hydrogen) atoms. The molecule has 1 unspecified atom stereocenters. The van der Waals surface area contributed by atoms with Crippen LogP contribution < -0.4 is 15.2 Å². The zero-order valence-electron chi connectivity index (χ0n) is 9.94. The first-order chi connectivity index (χ1) is 8.42. The Bertz CT molecular complexity index is 463. The van der Waals surface area contributed by atoms with Gasteiger partial charge < -0.3 is 25.4 Å². The average Bonchev–Trinajstić information content (AvgIpc) is 2.33. The van der Waals surface area contributed by atoms with E-state index in [0.29, 0.717) is 21.5 Å². The Kier molecular flexibility index (Phi) is 4.80. The van der Waals surface area contributed by atoms with Crippen molar-refractivity contribution >= 4 is 21.9 Å². The van der Waals surface area contributed by atoms with Gasteiger partial charge in [0.1, 0.15) is 11.8 Å². The molecule has 1 aromatic rings. The van der Waals surface area contributed by atoms with Crippen molar-refractivity contribution in [2.24, 2.45) is 5.73 Å². The molecule has 4 N–H and O–H groups in total. The number of hydrogen-bond acceptors (Lipinski definition) is 5. The number of ether oxygens (including phenoxy) is 2. The van der Waals surface area contributed by atoms with Gasteiger partial charge in [-0.3, -0.25) is 4.79 Å². The molecule has 0 aliphatic rings. The summed E-state index contributed by atoms with van der Waals surface area (Å²) in [4.78, 5) is 10.7. The second-order valence-corrected chi connectivity index (χ2v) is 4.37. The first-order valence-corrected chi connectivity index (χ1v) is 5.82. The molecule has 7 heteroatoms. The van der Waals surface area contributed by atoms with Crippen molar-refractivity contribution < 1.29 is 24.5 Å². The van der Waals surface area contributed by atoms with Gasteiger partial charge in [-0.25, -0.2) is 0 Å². The highest BCUT2D eigenvalue weighted by Gasteiger charge is 2.22. The maximum Gasteiger partial charge on any atom is 0.320 e. The van der Waals surface area contributed by atoms with Crippen LogP contribution in [0.2, 0.25) is 0 Å². The summed E-state index contributed by atoms with van der Waals surface area (Å²) in [5, 5.41) is 18.6. The second kappa shape index (κ2) is 5.92. The smallest absolute Gasteiger partial charge is 0.320 e. The van der Waals surface area contributed by atoms with E-state index in [2.05, 4.69) is 15.9 Å². The van der Waals surface area contributed by atoms with Gasteiger partial charge in [-0.2, -0.15) is 0 Å². The molecule has 0 fully saturated rings. The van der Waals surface area contributed by atoms with E-state index in [0.717, 1.165) is 0 Å². The number of aromatic hydroxyl groups is 1. The number of benzene rings is 1. The number of rotatable bonds is 5. The highest BCUT2D eigenvalue weighted by molar-refractivity contribution is 9.10. The third-order valence-corrected chi connectivity index (χ3v) is 3.27. The zero-order chi connectivity index (χ0) is 13.9. The third-order valence-electron chi connectivity index (χ3n) is 2.43. The fourth-order valence-corrected chi connectivity index (χ4v) is 2.20. The number of phenolic OH excluding ortho intramolecular Hbond substituents is 1. The van der Waals surface area contributed by atoms with Crippen molar-refractivity contribution in [1.82, 2.24) is 0 Å². The molecule has 0 spiro atoms. The first-order valence-electron chi connectivity index (χ1n) is 5.03. The summed E-state index contributed by atoms with van der Waals surface area (Å²) in [7, 11) is 2.88. The molecule has 0 saturated heterocycles. The highest BCUT2D eigenvalue weighted by Crippen LogP contribution is 2.42. The van der Waals surface area contributed by atoms with Gasteiger partial charge in [-0.1, -0.05) is 0 Å². The maximum absolute atomic E-state index is 10.7. The molecule has 1 aromatic carbocycles. The monoisotopic (exact) mass is 319 g/mol. The molecule has 6 nitrogen and oxygen atoms in total. The molecule has 0 aromatic heterocycles. The molecule has 0 aliphatic carbocycles. The van der Waals surface area contributed by atoms with Gasteiger partial charge in [-0.05, 0) is 15.9 Å². The van der Waals surface area contributed by atoms with Crippen LogP contribution in [0, 0.1) is 0 Å². The van der Waals surface area contributed by atoms with Gasteiger partial charge in [0.2, 0.25) is 0 Å². The Labute approximate surface area is 112 Å². The van der Waals surface area contributed by atoms with Crippen LogP contribution in [-0.2, 0) is 11.2 Å². The molecule has 0 saturated carbocycles. The lowest BCUT2D eigenvalue weighted by molar-refractivity contribution is -0.138. The summed E-state index contributed by atoms with van der Waals surface area (Å²) in [5.41, 5.74) is 5.81. The van der Waals surface area contributed by atoms with Crippen LogP contribution in [0.25, 0.3) is 0 Å². The van der Waals surface area contributed by atoms with E-state index in [1.165, 1.54) is 20.3 Å². The van der Waals surface area contributed by atoms with Crippen molar-refractivity contribution in [1.29, 1.82) is 0 Å². The van der Waals surface area contributed by atoms with Crippen LogP contribution in [0.5, 0.6) is 17.2 Å².